The maximum absolute atomic E-state index is 12.9. The molecule has 0 aliphatic heterocycles. The molecule has 10 nitrogen and oxygen atoms in total. The average molecular weight is 512 g/mol. The summed E-state index contributed by atoms with van der Waals surface area (Å²) in [5.74, 6) is 1.45. The maximum Gasteiger partial charge on any atom is 0.265 e. The number of hydrogen-bond donors (Lipinski definition) is 5. The molecular weight excluding hydrogens is 486 g/mol. The van der Waals surface area contributed by atoms with Crippen molar-refractivity contribution in [2.75, 3.05) is 19.4 Å². The van der Waals surface area contributed by atoms with Gasteiger partial charge < -0.3 is 27.0 Å². The number of H-pyrrole nitrogens is 1. The molecule has 0 fully saturated rings. The molecule has 0 saturated carbocycles. The van der Waals surface area contributed by atoms with E-state index in [1.165, 1.54) is 17.5 Å². The summed E-state index contributed by atoms with van der Waals surface area (Å²) in [6, 6.07) is 15.5. The fourth-order valence-electron chi connectivity index (χ4n) is 3.62. The number of thiophene rings is 1. The molecule has 7 N–H and O–H groups in total. The second-order valence-corrected chi connectivity index (χ2v) is 9.55. The number of amides is 1. The van der Waals surface area contributed by atoms with Gasteiger partial charge in [0.25, 0.3) is 5.91 Å². The van der Waals surface area contributed by atoms with Crippen LogP contribution < -0.4 is 22.1 Å². The highest BCUT2D eigenvalue weighted by atomic mass is 32.1. The number of aromatic amines is 1. The first kappa shape index (κ1) is 23.8. The van der Waals surface area contributed by atoms with Crippen LogP contribution in [0.2, 0.25) is 0 Å². The standard InChI is InChI=1S/C26H25N9OS/c1-35(2)23(28)12-19(13-27)32-26(36)22-10-15-3-4-16(11-21(15)37-22)25-29-8-7-24(33-25)31-18-5-6-20-17(9-18)14-30-34-20/h3-14H,27-28H2,1-2H3,(H,30,34)(H,32,36)(H,29,31,33)/b19-13+,23-12+. The lowest BCUT2D eigenvalue weighted by atomic mass is 10.1. The zero-order chi connectivity index (χ0) is 25.9. The van der Waals surface area contributed by atoms with Crippen molar-refractivity contribution in [2.45, 2.75) is 0 Å². The molecule has 1 amide bonds. The van der Waals surface area contributed by atoms with Gasteiger partial charge in [0.05, 0.1) is 22.3 Å². The van der Waals surface area contributed by atoms with Crippen molar-refractivity contribution in [2.24, 2.45) is 11.5 Å². The van der Waals surface area contributed by atoms with Gasteiger partial charge in [0.1, 0.15) is 11.6 Å². The van der Waals surface area contributed by atoms with E-state index >= 15 is 0 Å². The number of aromatic nitrogens is 4. The third-order valence-corrected chi connectivity index (χ3v) is 6.72. The van der Waals surface area contributed by atoms with Crippen molar-refractivity contribution in [1.82, 2.24) is 30.4 Å². The van der Waals surface area contributed by atoms with Gasteiger partial charge in [-0.15, -0.1) is 11.3 Å². The lowest BCUT2D eigenvalue weighted by molar-refractivity contribution is 0.0971. The number of nitrogens with two attached hydrogens (primary N) is 2. The molecule has 3 aromatic heterocycles. The van der Waals surface area contributed by atoms with Crippen LogP contribution in [0.5, 0.6) is 0 Å². The summed E-state index contributed by atoms with van der Waals surface area (Å²) in [4.78, 5) is 24.3. The highest BCUT2D eigenvalue weighted by Gasteiger charge is 2.13. The Morgan fingerprint density at radius 3 is 2.78 bits per heavy atom. The molecule has 5 rings (SSSR count). The lowest BCUT2D eigenvalue weighted by Crippen LogP contribution is -2.25. The molecule has 186 valence electrons. The molecule has 5 aromatic rings. The van der Waals surface area contributed by atoms with Gasteiger partial charge in [-0.3, -0.25) is 9.89 Å². The predicted octanol–water partition coefficient (Wildman–Crippen LogP) is 3.87. The van der Waals surface area contributed by atoms with Crippen molar-refractivity contribution >= 4 is 49.7 Å². The fourth-order valence-corrected chi connectivity index (χ4v) is 4.62. The monoisotopic (exact) mass is 511 g/mol. The summed E-state index contributed by atoms with van der Waals surface area (Å²) in [6.45, 7) is 0. The van der Waals surface area contributed by atoms with Crippen LogP contribution in [0.3, 0.4) is 0 Å². The SMILES string of the molecule is CN(C)/C(N)=C/C(=C\N)NC(=O)c1cc2ccc(-c3nccc(Nc4ccc5[nH]ncc5c4)n3)cc2s1. The number of rotatable bonds is 7. The van der Waals surface area contributed by atoms with E-state index in [1.807, 2.05) is 48.5 Å². The van der Waals surface area contributed by atoms with E-state index in [0.29, 0.717) is 28.0 Å². The van der Waals surface area contributed by atoms with Crippen LogP contribution in [0, 0.1) is 0 Å². The van der Waals surface area contributed by atoms with Gasteiger partial charge >= 0.3 is 0 Å². The van der Waals surface area contributed by atoms with Gasteiger partial charge in [-0.05, 0) is 41.8 Å². The molecule has 3 heterocycles. The Kier molecular flexibility index (Phi) is 6.43. The Morgan fingerprint density at radius 2 is 1.97 bits per heavy atom. The molecule has 0 aliphatic carbocycles. The molecule has 2 aromatic carbocycles. The Morgan fingerprint density at radius 1 is 1.11 bits per heavy atom. The highest BCUT2D eigenvalue weighted by molar-refractivity contribution is 7.20. The third-order valence-electron chi connectivity index (χ3n) is 5.63. The Hall–Kier alpha value is -4.90. The zero-order valence-electron chi connectivity index (χ0n) is 20.2. The van der Waals surface area contributed by atoms with E-state index in [2.05, 4.69) is 30.8 Å². The third kappa shape index (κ3) is 5.21. The Labute approximate surface area is 216 Å². The van der Waals surface area contributed by atoms with Crippen molar-refractivity contribution in [3.63, 3.8) is 0 Å². The van der Waals surface area contributed by atoms with Crippen LogP contribution in [0.15, 0.2) is 84.7 Å². The Balaban J connectivity index is 1.36. The van der Waals surface area contributed by atoms with Gasteiger partial charge in [0, 0.05) is 53.9 Å². The van der Waals surface area contributed by atoms with E-state index < -0.39 is 0 Å². The first-order valence-corrected chi connectivity index (χ1v) is 12.2. The average Bonchev–Trinajstić information content (AvgIpc) is 3.54. The van der Waals surface area contributed by atoms with E-state index in [0.717, 1.165) is 32.2 Å². The highest BCUT2D eigenvalue weighted by Crippen LogP contribution is 2.30. The van der Waals surface area contributed by atoms with Crippen LogP contribution >= 0.6 is 11.3 Å². The minimum absolute atomic E-state index is 0.265. The molecule has 0 radical (unpaired) electrons. The zero-order valence-corrected chi connectivity index (χ0v) is 21.0. The van der Waals surface area contributed by atoms with Gasteiger partial charge in [-0.25, -0.2) is 9.97 Å². The number of nitrogens with one attached hydrogen (secondary N) is 3. The minimum atomic E-state index is -0.265. The summed E-state index contributed by atoms with van der Waals surface area (Å²) < 4.78 is 0.941. The first-order chi connectivity index (χ1) is 17.9. The Bertz CT molecular complexity index is 1670. The van der Waals surface area contributed by atoms with Crippen molar-refractivity contribution in [3.05, 3.63) is 89.6 Å². The number of carbonyl (C=O) groups is 1. The van der Waals surface area contributed by atoms with Crippen LogP contribution in [0.4, 0.5) is 11.5 Å². The number of hydrogen-bond acceptors (Lipinski definition) is 9. The maximum atomic E-state index is 12.9. The summed E-state index contributed by atoms with van der Waals surface area (Å²) in [7, 11) is 3.61. The van der Waals surface area contributed by atoms with Crippen LogP contribution in [0.1, 0.15) is 9.67 Å². The van der Waals surface area contributed by atoms with E-state index in [4.69, 9.17) is 11.5 Å². The molecule has 0 saturated heterocycles. The van der Waals surface area contributed by atoms with Crippen molar-refractivity contribution < 1.29 is 4.79 Å². The molecule has 0 unspecified atom stereocenters. The van der Waals surface area contributed by atoms with Crippen LogP contribution in [-0.4, -0.2) is 45.1 Å². The van der Waals surface area contributed by atoms with E-state index in [1.54, 1.807) is 37.5 Å². The van der Waals surface area contributed by atoms with E-state index in [-0.39, 0.29) is 5.91 Å². The number of nitrogens with zero attached hydrogens (tertiary/aromatic N) is 4. The first-order valence-electron chi connectivity index (χ1n) is 11.3. The molecule has 11 heteroatoms. The van der Waals surface area contributed by atoms with Crippen molar-refractivity contribution in [3.8, 4) is 11.4 Å². The molecule has 0 aliphatic rings. The molecule has 0 atom stereocenters. The molecular formula is C26H25N9OS. The number of fused-ring (bicyclic) bond motifs is 2. The topological polar surface area (TPSA) is 151 Å². The molecule has 0 bridgehead atoms. The normalized spacial score (nSPS) is 12.2. The predicted molar refractivity (Wildman–Crippen MR) is 148 cm³/mol. The molecule has 0 spiro atoms. The fraction of sp³-hybridized carbons (Fsp3) is 0.0769. The number of carbonyl (C=O) groups excluding carboxylic acids is 1. The summed E-state index contributed by atoms with van der Waals surface area (Å²) in [6.07, 6.45) is 6.41. The number of allylic oxidation sites excluding steroid dienone is 1. The largest absolute Gasteiger partial charge is 0.403 e. The second-order valence-electron chi connectivity index (χ2n) is 8.47. The van der Waals surface area contributed by atoms with Gasteiger partial charge in [-0.2, -0.15) is 5.10 Å². The number of anilines is 2. The number of benzene rings is 2. The quantitative estimate of drug-likeness (QED) is 0.207. The molecule has 37 heavy (non-hydrogen) atoms. The second kappa shape index (κ2) is 9.99. The summed E-state index contributed by atoms with van der Waals surface area (Å²) in [5, 5.41) is 15.1. The lowest BCUT2D eigenvalue weighted by Gasteiger charge is -2.13. The minimum Gasteiger partial charge on any atom is -0.403 e. The van der Waals surface area contributed by atoms with E-state index in [9.17, 15) is 4.79 Å². The summed E-state index contributed by atoms with van der Waals surface area (Å²) >= 11 is 1.38. The van der Waals surface area contributed by atoms with Crippen molar-refractivity contribution in [1.29, 1.82) is 0 Å². The van der Waals surface area contributed by atoms with Crippen LogP contribution in [-0.2, 0) is 0 Å². The smallest absolute Gasteiger partial charge is 0.265 e. The summed E-state index contributed by atoms with van der Waals surface area (Å²) in [5.41, 5.74) is 14.7. The van der Waals surface area contributed by atoms with Gasteiger partial charge in [0.2, 0.25) is 0 Å². The van der Waals surface area contributed by atoms with Gasteiger partial charge in [-0.1, -0.05) is 12.1 Å². The van der Waals surface area contributed by atoms with Gasteiger partial charge in [0.15, 0.2) is 5.82 Å². The van der Waals surface area contributed by atoms with Crippen LogP contribution in [0.25, 0.3) is 32.4 Å².